The lowest BCUT2D eigenvalue weighted by Crippen LogP contribution is -2.56. The Kier molecular flexibility index (Phi) is 4.52. The van der Waals surface area contributed by atoms with Crippen molar-refractivity contribution in [1.29, 1.82) is 0 Å². The van der Waals surface area contributed by atoms with E-state index in [-0.39, 0.29) is 13.0 Å². The van der Waals surface area contributed by atoms with E-state index < -0.39 is 20.7 Å². The molecule has 22 heavy (non-hydrogen) atoms. The van der Waals surface area contributed by atoms with Gasteiger partial charge in [-0.25, -0.2) is 8.42 Å². The molecule has 0 radical (unpaired) electrons. The van der Waals surface area contributed by atoms with Crippen LogP contribution in [0.3, 0.4) is 0 Å². The number of sulfonamides is 1. The van der Waals surface area contributed by atoms with E-state index in [9.17, 15) is 13.2 Å². The first-order valence-corrected chi connectivity index (χ1v) is 8.95. The van der Waals surface area contributed by atoms with Gasteiger partial charge in [-0.1, -0.05) is 18.2 Å². The van der Waals surface area contributed by atoms with Gasteiger partial charge in [0.05, 0.1) is 12.3 Å². The van der Waals surface area contributed by atoms with Crippen LogP contribution in [0.25, 0.3) is 0 Å². The lowest BCUT2D eigenvalue weighted by Gasteiger charge is -2.40. The van der Waals surface area contributed by atoms with E-state index in [1.54, 1.807) is 6.92 Å². The van der Waals surface area contributed by atoms with Crippen molar-refractivity contribution in [3.05, 3.63) is 29.3 Å². The molecule has 1 aliphatic rings. The molecule has 0 aliphatic carbocycles. The highest BCUT2D eigenvalue weighted by Gasteiger charge is 2.53. The smallest absolute Gasteiger partial charge is 0.329 e. The number of ether oxygens (including phenoxy) is 1. The van der Waals surface area contributed by atoms with Crippen molar-refractivity contribution in [3.63, 3.8) is 0 Å². The molecular weight excluding hydrogens is 302 g/mol. The van der Waals surface area contributed by atoms with Crippen LogP contribution in [0, 0.1) is 13.8 Å². The van der Waals surface area contributed by atoms with Crippen LogP contribution in [-0.2, 0) is 19.6 Å². The number of para-hydroxylation sites is 1. The van der Waals surface area contributed by atoms with E-state index in [1.807, 2.05) is 32.0 Å². The predicted octanol–water partition coefficient (Wildman–Crippen LogP) is 2.56. The molecule has 0 bridgehead atoms. The number of hydrogen-bond acceptors (Lipinski definition) is 4. The van der Waals surface area contributed by atoms with Crippen LogP contribution in [-0.4, -0.2) is 32.3 Å². The van der Waals surface area contributed by atoms with Gasteiger partial charge in [-0.15, -0.1) is 0 Å². The van der Waals surface area contributed by atoms with Gasteiger partial charge in [0.1, 0.15) is 0 Å². The number of benzene rings is 1. The summed E-state index contributed by atoms with van der Waals surface area (Å²) in [7, 11) is -3.82. The molecule has 6 heteroatoms. The fraction of sp³-hybridized carbons (Fsp3) is 0.562. The first-order chi connectivity index (χ1) is 10.3. The third-order valence-corrected chi connectivity index (χ3v) is 6.73. The molecule has 1 aliphatic heterocycles. The molecule has 0 amide bonds. The molecule has 1 saturated heterocycles. The molecule has 1 heterocycles. The number of hydrogen-bond donors (Lipinski definition) is 0. The van der Waals surface area contributed by atoms with Crippen LogP contribution < -0.4 is 4.31 Å². The fourth-order valence-electron chi connectivity index (χ4n) is 2.97. The van der Waals surface area contributed by atoms with Gasteiger partial charge in [0.2, 0.25) is 0 Å². The van der Waals surface area contributed by atoms with Gasteiger partial charge < -0.3 is 4.74 Å². The number of rotatable bonds is 3. The zero-order chi connectivity index (χ0) is 16.5. The summed E-state index contributed by atoms with van der Waals surface area (Å²) in [4.78, 5) is 12.3. The molecule has 0 saturated carbocycles. The third kappa shape index (κ3) is 2.49. The largest absolute Gasteiger partial charge is 0.465 e. The minimum absolute atomic E-state index is 0.174. The van der Waals surface area contributed by atoms with E-state index in [0.29, 0.717) is 18.7 Å². The third-order valence-electron chi connectivity index (χ3n) is 4.27. The number of carbonyl (C=O) groups is 1. The molecule has 1 aromatic rings. The van der Waals surface area contributed by atoms with E-state index in [4.69, 9.17) is 4.74 Å². The van der Waals surface area contributed by atoms with Crippen LogP contribution >= 0.6 is 0 Å². The molecule has 0 spiro atoms. The molecule has 5 nitrogen and oxygen atoms in total. The molecule has 0 aromatic heterocycles. The van der Waals surface area contributed by atoms with Crippen LogP contribution in [0.15, 0.2) is 18.2 Å². The Balaban J connectivity index is 2.54. The maximum absolute atomic E-state index is 13.1. The summed E-state index contributed by atoms with van der Waals surface area (Å²) < 4.78 is 31.1. The highest BCUT2D eigenvalue weighted by atomic mass is 32.2. The molecule has 122 valence electrons. The van der Waals surface area contributed by atoms with Crippen LogP contribution in [0.4, 0.5) is 5.69 Å². The van der Waals surface area contributed by atoms with Crippen molar-refractivity contribution in [1.82, 2.24) is 0 Å². The zero-order valence-electron chi connectivity index (χ0n) is 13.5. The summed E-state index contributed by atoms with van der Waals surface area (Å²) in [6, 6.07) is 5.66. The highest BCUT2D eigenvalue weighted by Crippen LogP contribution is 2.38. The van der Waals surface area contributed by atoms with E-state index >= 15 is 0 Å². The minimum atomic E-state index is -3.82. The lowest BCUT2D eigenvalue weighted by molar-refractivity contribution is -0.146. The summed E-state index contributed by atoms with van der Waals surface area (Å²) in [5, 5.41) is 0. The monoisotopic (exact) mass is 325 g/mol. The Hall–Kier alpha value is -1.56. The maximum atomic E-state index is 13.1. The minimum Gasteiger partial charge on any atom is -0.465 e. The molecule has 1 atom stereocenters. The summed E-state index contributed by atoms with van der Waals surface area (Å²) in [6.07, 6.45) is 0.915. The fourth-order valence-corrected chi connectivity index (χ4v) is 5.03. The molecular formula is C16H23NO4S. The van der Waals surface area contributed by atoms with Gasteiger partial charge in [-0.2, -0.15) is 0 Å². The molecule has 2 rings (SSSR count). The first-order valence-electron chi connectivity index (χ1n) is 7.51. The van der Waals surface area contributed by atoms with Crippen molar-refractivity contribution in [2.75, 3.05) is 17.5 Å². The van der Waals surface area contributed by atoms with Gasteiger partial charge in [0, 0.05) is 6.54 Å². The number of carbonyl (C=O) groups excluding carboxylic acids is 1. The quantitative estimate of drug-likeness (QED) is 0.801. The molecule has 1 unspecified atom stereocenters. The number of esters is 1. The van der Waals surface area contributed by atoms with Gasteiger partial charge in [0.15, 0.2) is 4.75 Å². The Bertz CT molecular complexity index is 663. The van der Waals surface area contributed by atoms with Crippen LogP contribution in [0.2, 0.25) is 0 Å². The average molecular weight is 325 g/mol. The Morgan fingerprint density at radius 2 is 1.91 bits per heavy atom. The van der Waals surface area contributed by atoms with Crippen molar-refractivity contribution in [3.8, 4) is 0 Å². The maximum Gasteiger partial charge on any atom is 0.329 e. The van der Waals surface area contributed by atoms with E-state index in [2.05, 4.69) is 0 Å². The second-order valence-electron chi connectivity index (χ2n) is 5.87. The topological polar surface area (TPSA) is 63.7 Å². The lowest BCUT2D eigenvalue weighted by atomic mass is 10.0. The van der Waals surface area contributed by atoms with E-state index in [0.717, 1.165) is 11.1 Å². The van der Waals surface area contributed by atoms with Crippen molar-refractivity contribution in [2.45, 2.75) is 45.3 Å². The number of aryl methyl sites for hydroxylation is 2. The number of anilines is 1. The average Bonchev–Trinajstić information content (AvgIpc) is 2.43. The SMILES string of the molecule is CCOC(=O)C1(C)CCCN(c2c(C)cccc2C)S1(=O)=O. The van der Waals surface area contributed by atoms with Crippen LogP contribution in [0.5, 0.6) is 0 Å². The van der Waals surface area contributed by atoms with Gasteiger partial charge in [-0.05, 0) is 51.7 Å². The molecule has 0 N–H and O–H groups in total. The second kappa shape index (κ2) is 5.91. The molecule has 1 aromatic carbocycles. The number of nitrogens with zero attached hydrogens (tertiary/aromatic N) is 1. The highest BCUT2D eigenvalue weighted by molar-refractivity contribution is 7.95. The first kappa shape index (κ1) is 16.8. The Morgan fingerprint density at radius 1 is 1.32 bits per heavy atom. The predicted molar refractivity (Wildman–Crippen MR) is 86.5 cm³/mol. The summed E-state index contributed by atoms with van der Waals surface area (Å²) >= 11 is 0. The summed E-state index contributed by atoms with van der Waals surface area (Å²) in [5.74, 6) is -0.661. The van der Waals surface area contributed by atoms with Gasteiger partial charge >= 0.3 is 5.97 Å². The summed E-state index contributed by atoms with van der Waals surface area (Å²) in [6.45, 7) is 7.48. The van der Waals surface area contributed by atoms with Crippen LogP contribution in [0.1, 0.15) is 37.8 Å². The van der Waals surface area contributed by atoms with Gasteiger partial charge in [0.25, 0.3) is 10.0 Å². The molecule has 1 fully saturated rings. The van der Waals surface area contributed by atoms with E-state index in [1.165, 1.54) is 11.2 Å². The zero-order valence-corrected chi connectivity index (χ0v) is 14.4. The normalized spacial score (nSPS) is 24.1. The van der Waals surface area contributed by atoms with Crippen molar-refractivity contribution in [2.24, 2.45) is 0 Å². The second-order valence-corrected chi connectivity index (χ2v) is 8.16. The van der Waals surface area contributed by atoms with Gasteiger partial charge in [-0.3, -0.25) is 9.10 Å². The summed E-state index contributed by atoms with van der Waals surface area (Å²) in [5.41, 5.74) is 2.45. The standard InChI is InChI=1S/C16H23NO4S/c1-5-21-15(18)16(4)10-7-11-17(22(16,19)20)14-12(2)8-6-9-13(14)3/h6,8-9H,5,7,10-11H2,1-4H3. The van der Waals surface area contributed by atoms with Crippen molar-refractivity contribution < 1.29 is 17.9 Å². The van der Waals surface area contributed by atoms with Crippen molar-refractivity contribution >= 4 is 21.7 Å². The Labute approximate surface area is 132 Å². The Morgan fingerprint density at radius 3 is 2.45 bits per heavy atom.